The maximum absolute atomic E-state index is 11.5. The number of rotatable bonds is 9. The highest BCUT2D eigenvalue weighted by molar-refractivity contribution is 5.85. The summed E-state index contributed by atoms with van der Waals surface area (Å²) in [7, 11) is 1.64. The van der Waals surface area contributed by atoms with Crippen molar-refractivity contribution in [3.63, 3.8) is 0 Å². The first-order valence-corrected chi connectivity index (χ1v) is 6.39. The molecule has 5 nitrogen and oxygen atoms in total. The Labute approximate surface area is 115 Å². The van der Waals surface area contributed by atoms with E-state index in [0.717, 1.165) is 13.0 Å². The Bertz CT molecular complexity index is 211. The number of hydrogen-bond donors (Lipinski definition) is 2. The van der Waals surface area contributed by atoms with Gasteiger partial charge in [-0.15, -0.1) is 12.4 Å². The molecule has 0 aromatic carbocycles. The fourth-order valence-electron chi connectivity index (χ4n) is 1.90. The van der Waals surface area contributed by atoms with E-state index in [2.05, 4.69) is 10.6 Å². The highest BCUT2D eigenvalue weighted by Crippen LogP contribution is 2.10. The molecule has 1 saturated heterocycles. The van der Waals surface area contributed by atoms with Crippen LogP contribution in [0.15, 0.2) is 0 Å². The topological polar surface area (TPSA) is 59.6 Å². The van der Waals surface area contributed by atoms with E-state index >= 15 is 0 Å². The van der Waals surface area contributed by atoms with Crippen molar-refractivity contribution in [2.45, 2.75) is 31.7 Å². The van der Waals surface area contributed by atoms with Crippen molar-refractivity contribution < 1.29 is 14.3 Å². The summed E-state index contributed by atoms with van der Waals surface area (Å²) in [5, 5.41) is 6.23. The van der Waals surface area contributed by atoms with E-state index in [4.69, 9.17) is 9.47 Å². The van der Waals surface area contributed by atoms with Crippen LogP contribution in [0, 0.1) is 0 Å². The molecule has 1 fully saturated rings. The molecule has 0 aromatic rings. The van der Waals surface area contributed by atoms with Gasteiger partial charge >= 0.3 is 0 Å². The van der Waals surface area contributed by atoms with Crippen LogP contribution >= 0.6 is 12.4 Å². The largest absolute Gasteiger partial charge is 0.382 e. The molecule has 0 spiro atoms. The summed E-state index contributed by atoms with van der Waals surface area (Å²) in [6.07, 6.45) is 3.99. The van der Waals surface area contributed by atoms with E-state index in [1.54, 1.807) is 7.11 Å². The fraction of sp³-hybridized carbons (Fsp3) is 0.917. The van der Waals surface area contributed by atoms with Crippen LogP contribution in [0.2, 0.25) is 0 Å². The summed E-state index contributed by atoms with van der Waals surface area (Å²) in [6, 6.07) is 0.540. The normalized spacial score (nSPS) is 18.4. The molecule has 6 heteroatoms. The van der Waals surface area contributed by atoms with Crippen LogP contribution in [-0.4, -0.2) is 52.0 Å². The van der Waals surface area contributed by atoms with Crippen LogP contribution < -0.4 is 10.6 Å². The van der Waals surface area contributed by atoms with Crippen LogP contribution in [-0.2, 0) is 14.3 Å². The molecule has 1 unspecified atom stereocenters. The van der Waals surface area contributed by atoms with Gasteiger partial charge in [-0.25, -0.2) is 0 Å². The Morgan fingerprint density at radius 3 is 2.89 bits per heavy atom. The van der Waals surface area contributed by atoms with E-state index < -0.39 is 0 Å². The van der Waals surface area contributed by atoms with Crippen molar-refractivity contribution in [1.29, 1.82) is 0 Å². The number of ether oxygens (including phenoxy) is 2. The smallest absolute Gasteiger partial charge is 0.220 e. The number of halogens is 1. The lowest BCUT2D eigenvalue weighted by molar-refractivity contribution is -0.121. The van der Waals surface area contributed by atoms with Crippen LogP contribution in [0.4, 0.5) is 0 Å². The maximum atomic E-state index is 11.5. The highest BCUT2D eigenvalue weighted by Gasteiger charge is 2.14. The Kier molecular flexibility index (Phi) is 11.5. The number of carbonyl (C=O) groups excluding carboxylic acids is 1. The van der Waals surface area contributed by atoms with Gasteiger partial charge in [-0.1, -0.05) is 0 Å². The second-order valence-electron chi connectivity index (χ2n) is 4.29. The first kappa shape index (κ1) is 17.6. The molecule has 1 atom stereocenters. The Morgan fingerprint density at radius 1 is 1.39 bits per heavy atom. The summed E-state index contributed by atoms with van der Waals surface area (Å²) in [4.78, 5) is 11.5. The summed E-state index contributed by atoms with van der Waals surface area (Å²) >= 11 is 0. The average Bonchev–Trinajstić information content (AvgIpc) is 2.84. The van der Waals surface area contributed by atoms with Crippen LogP contribution in [0.5, 0.6) is 0 Å². The molecule has 108 valence electrons. The first-order valence-electron chi connectivity index (χ1n) is 6.39. The lowest BCUT2D eigenvalue weighted by Gasteiger charge is -2.10. The molecule has 0 bridgehead atoms. The average molecular weight is 281 g/mol. The summed E-state index contributed by atoms with van der Waals surface area (Å²) in [5.74, 6) is 0.119. The molecular weight excluding hydrogens is 256 g/mol. The van der Waals surface area contributed by atoms with Gasteiger partial charge in [0.05, 0.1) is 19.8 Å². The molecule has 2 N–H and O–H groups in total. The highest BCUT2D eigenvalue weighted by atomic mass is 35.5. The van der Waals surface area contributed by atoms with Gasteiger partial charge < -0.3 is 20.1 Å². The summed E-state index contributed by atoms with van der Waals surface area (Å²) < 4.78 is 10.1. The van der Waals surface area contributed by atoms with Gasteiger partial charge in [-0.05, 0) is 25.8 Å². The molecule has 0 aromatic heterocycles. The quantitative estimate of drug-likeness (QED) is 0.611. The van der Waals surface area contributed by atoms with Crippen LogP contribution in [0.1, 0.15) is 25.7 Å². The molecule has 1 aliphatic heterocycles. The first-order chi connectivity index (χ1) is 8.33. The van der Waals surface area contributed by atoms with Crippen molar-refractivity contribution in [2.75, 3.05) is 40.0 Å². The number of nitrogens with one attached hydrogen (secondary N) is 2. The molecule has 0 radical (unpaired) electrons. The van der Waals surface area contributed by atoms with E-state index in [-0.39, 0.29) is 18.3 Å². The zero-order chi connectivity index (χ0) is 12.3. The van der Waals surface area contributed by atoms with Gasteiger partial charge in [0.1, 0.15) is 0 Å². The van der Waals surface area contributed by atoms with Crippen LogP contribution in [0.3, 0.4) is 0 Å². The van der Waals surface area contributed by atoms with Crippen molar-refractivity contribution in [3.8, 4) is 0 Å². The predicted octanol–water partition coefficient (Wildman–Crippen LogP) is 0.720. The minimum absolute atomic E-state index is 0. The SMILES string of the molecule is COCCOCCNC(=O)CCC1CCCN1.Cl. The second kappa shape index (κ2) is 11.7. The zero-order valence-corrected chi connectivity index (χ0v) is 11.9. The van der Waals surface area contributed by atoms with Gasteiger partial charge in [0.15, 0.2) is 0 Å². The van der Waals surface area contributed by atoms with E-state index in [1.807, 2.05) is 0 Å². The summed E-state index contributed by atoms with van der Waals surface area (Å²) in [5.41, 5.74) is 0. The van der Waals surface area contributed by atoms with Crippen molar-refractivity contribution >= 4 is 18.3 Å². The van der Waals surface area contributed by atoms with Gasteiger partial charge in [-0.3, -0.25) is 4.79 Å². The zero-order valence-electron chi connectivity index (χ0n) is 11.1. The molecule has 1 rings (SSSR count). The van der Waals surface area contributed by atoms with Crippen LogP contribution in [0.25, 0.3) is 0 Å². The van der Waals surface area contributed by atoms with Crippen molar-refractivity contribution in [2.24, 2.45) is 0 Å². The van der Waals surface area contributed by atoms with Crippen molar-refractivity contribution in [3.05, 3.63) is 0 Å². The Balaban J connectivity index is 0.00000289. The van der Waals surface area contributed by atoms with Crippen molar-refractivity contribution in [1.82, 2.24) is 10.6 Å². The minimum atomic E-state index is 0. The molecule has 18 heavy (non-hydrogen) atoms. The standard InChI is InChI=1S/C12H24N2O3.ClH/c1-16-9-10-17-8-7-14-12(15)5-4-11-3-2-6-13-11;/h11,13H,2-10H2,1H3,(H,14,15);1H. The monoisotopic (exact) mass is 280 g/mol. The van der Waals surface area contributed by atoms with Gasteiger partial charge in [-0.2, -0.15) is 0 Å². The second-order valence-corrected chi connectivity index (χ2v) is 4.29. The molecule has 0 aliphatic carbocycles. The molecule has 1 amide bonds. The third kappa shape index (κ3) is 8.69. The molecular formula is C12H25ClN2O3. The van der Waals surface area contributed by atoms with E-state index in [1.165, 1.54) is 12.8 Å². The fourth-order valence-corrected chi connectivity index (χ4v) is 1.90. The van der Waals surface area contributed by atoms with Gasteiger partial charge in [0, 0.05) is 26.1 Å². The minimum Gasteiger partial charge on any atom is -0.382 e. The number of hydrogen-bond acceptors (Lipinski definition) is 4. The molecule has 0 saturated carbocycles. The van der Waals surface area contributed by atoms with E-state index in [0.29, 0.717) is 38.8 Å². The number of methoxy groups -OCH3 is 1. The maximum Gasteiger partial charge on any atom is 0.220 e. The Morgan fingerprint density at radius 2 is 2.22 bits per heavy atom. The number of carbonyl (C=O) groups is 1. The number of amides is 1. The van der Waals surface area contributed by atoms with E-state index in [9.17, 15) is 4.79 Å². The lowest BCUT2D eigenvalue weighted by Crippen LogP contribution is -2.29. The third-order valence-corrected chi connectivity index (χ3v) is 2.88. The lowest BCUT2D eigenvalue weighted by atomic mass is 10.1. The Hall–Kier alpha value is -0.360. The summed E-state index contributed by atoms with van der Waals surface area (Å²) in [6.45, 7) is 3.41. The third-order valence-electron chi connectivity index (χ3n) is 2.88. The van der Waals surface area contributed by atoms with Gasteiger partial charge in [0.2, 0.25) is 5.91 Å². The molecule has 1 aliphatic rings. The van der Waals surface area contributed by atoms with Gasteiger partial charge in [0.25, 0.3) is 0 Å². The predicted molar refractivity (Wildman–Crippen MR) is 73.2 cm³/mol. The molecule has 1 heterocycles.